The van der Waals surface area contributed by atoms with Gasteiger partial charge in [-0.1, -0.05) is 72.8 Å². The highest BCUT2D eigenvalue weighted by atomic mass is 16.2. The normalized spacial score (nSPS) is 11.7. The topological polar surface area (TPSA) is 112 Å². The Kier molecular flexibility index (Phi) is 4.32. The fraction of sp³-hybridized carbons (Fsp3) is 0. The minimum atomic E-state index is -0.568. The van der Waals surface area contributed by atoms with Crippen LogP contribution in [0.5, 0.6) is 0 Å². The molecule has 7 rings (SSSR count). The van der Waals surface area contributed by atoms with E-state index in [1.54, 1.807) is 9.13 Å². The number of aromatic nitrogens is 3. The van der Waals surface area contributed by atoms with E-state index in [1.807, 2.05) is 97.1 Å². The van der Waals surface area contributed by atoms with Gasteiger partial charge in [0.05, 0.1) is 33.1 Å². The highest BCUT2D eigenvalue weighted by molar-refractivity contribution is 6.34. The molecule has 0 spiro atoms. The van der Waals surface area contributed by atoms with Crippen LogP contribution in [0, 0.1) is 0 Å². The smallest absolute Gasteiger partial charge is 0.323 e. The molecule has 0 atom stereocenters. The van der Waals surface area contributed by atoms with Gasteiger partial charge in [-0.25, -0.2) is 9.59 Å². The Balaban J connectivity index is 1.97. The molecule has 2 amide bonds. The van der Waals surface area contributed by atoms with Crippen molar-refractivity contribution in [3.8, 4) is 0 Å². The first-order valence-electron chi connectivity index (χ1n) is 11.9. The first-order chi connectivity index (χ1) is 18.1. The minimum Gasteiger partial charge on any atom is -0.353 e. The minimum absolute atomic E-state index is 0.568. The van der Waals surface area contributed by atoms with E-state index < -0.39 is 12.1 Å². The van der Waals surface area contributed by atoms with Crippen LogP contribution < -0.4 is 11.5 Å². The quantitative estimate of drug-likeness (QED) is 0.228. The summed E-state index contributed by atoms with van der Waals surface area (Å²) in [6.45, 7) is 0. The lowest BCUT2D eigenvalue weighted by atomic mass is 10.0. The standard InChI is InChI=1S/C30H21N5O2/c31-29(36)34-21-13-5-1-9-17(21)25-26-18-10-2-6-14-22(18)35(30(32)37)24-16-8-4-12-20(24)28(26)33-27(25)19-11-3-7-15-23(19)34/h1-16,33H,(H2,31,36)(H2,32,37). The zero-order valence-electron chi connectivity index (χ0n) is 19.6. The maximum atomic E-state index is 12.8. The molecule has 0 radical (unpaired) electrons. The molecule has 0 fully saturated rings. The highest BCUT2D eigenvalue weighted by Crippen LogP contribution is 2.40. The molecule has 4 aromatic carbocycles. The number of hydrogen-bond donors (Lipinski definition) is 3. The maximum Gasteiger partial charge on any atom is 0.323 e. The van der Waals surface area contributed by atoms with Crippen molar-refractivity contribution < 1.29 is 9.59 Å². The molecule has 3 aromatic heterocycles. The number of H-pyrrole nitrogens is 1. The van der Waals surface area contributed by atoms with Gasteiger partial charge in [0.1, 0.15) is 0 Å². The van der Waals surface area contributed by atoms with Crippen LogP contribution in [0.25, 0.3) is 65.4 Å². The number of benzene rings is 4. The largest absolute Gasteiger partial charge is 0.353 e. The maximum absolute atomic E-state index is 12.8. The summed E-state index contributed by atoms with van der Waals surface area (Å²) in [7, 11) is 0. The van der Waals surface area contributed by atoms with Crippen LogP contribution in [0.3, 0.4) is 0 Å². The van der Waals surface area contributed by atoms with E-state index in [4.69, 9.17) is 11.5 Å². The lowest BCUT2D eigenvalue weighted by Crippen LogP contribution is -2.20. The second kappa shape index (κ2) is 7.60. The van der Waals surface area contributed by atoms with Crippen LogP contribution in [0.1, 0.15) is 0 Å². The third-order valence-electron chi connectivity index (χ3n) is 7.10. The molecule has 178 valence electrons. The summed E-state index contributed by atoms with van der Waals surface area (Å²) >= 11 is 0. The van der Waals surface area contributed by atoms with Crippen LogP contribution in [0.4, 0.5) is 9.59 Å². The predicted octanol–water partition coefficient (Wildman–Crippen LogP) is 6.51. The van der Waals surface area contributed by atoms with Crippen molar-refractivity contribution in [3.63, 3.8) is 0 Å². The third-order valence-corrected chi connectivity index (χ3v) is 7.10. The molecule has 37 heavy (non-hydrogen) atoms. The fourth-order valence-corrected chi connectivity index (χ4v) is 5.70. The second-order valence-electron chi connectivity index (χ2n) is 9.04. The number of carbonyl (C=O) groups excluding carboxylic acids is 2. The monoisotopic (exact) mass is 483 g/mol. The number of rotatable bonds is 0. The molecule has 0 aliphatic heterocycles. The molecule has 7 aromatic rings. The van der Waals surface area contributed by atoms with Crippen molar-refractivity contribution in [2.45, 2.75) is 0 Å². The molecular formula is C30H21N5O2. The summed E-state index contributed by atoms with van der Waals surface area (Å²) in [5, 5.41) is 5.25. The molecule has 3 heterocycles. The van der Waals surface area contributed by atoms with Gasteiger partial charge in [-0.3, -0.25) is 9.13 Å². The first kappa shape index (κ1) is 21.0. The van der Waals surface area contributed by atoms with Crippen molar-refractivity contribution in [1.29, 1.82) is 0 Å². The van der Waals surface area contributed by atoms with Crippen molar-refractivity contribution in [2.75, 3.05) is 0 Å². The van der Waals surface area contributed by atoms with Gasteiger partial charge in [0.15, 0.2) is 0 Å². The van der Waals surface area contributed by atoms with E-state index in [-0.39, 0.29) is 0 Å². The predicted molar refractivity (Wildman–Crippen MR) is 149 cm³/mol. The summed E-state index contributed by atoms with van der Waals surface area (Å²) in [5.74, 6) is 0. The molecule has 0 aliphatic carbocycles. The summed E-state index contributed by atoms with van der Waals surface area (Å²) in [4.78, 5) is 29.3. The molecule has 0 saturated heterocycles. The van der Waals surface area contributed by atoms with Crippen LogP contribution in [0.2, 0.25) is 0 Å². The molecule has 0 unspecified atom stereocenters. The zero-order valence-corrected chi connectivity index (χ0v) is 19.6. The van der Waals surface area contributed by atoms with Gasteiger partial charge < -0.3 is 16.5 Å². The molecule has 7 heteroatoms. The molecule has 7 nitrogen and oxygen atoms in total. The Hall–Kier alpha value is -5.30. The van der Waals surface area contributed by atoms with E-state index in [2.05, 4.69) is 4.98 Å². The number of carbonyl (C=O) groups is 2. The Morgan fingerprint density at radius 1 is 0.486 bits per heavy atom. The van der Waals surface area contributed by atoms with Gasteiger partial charge in [-0.05, 0) is 24.3 Å². The van der Waals surface area contributed by atoms with Crippen molar-refractivity contribution in [3.05, 3.63) is 97.1 Å². The van der Waals surface area contributed by atoms with Crippen molar-refractivity contribution >= 4 is 77.5 Å². The van der Waals surface area contributed by atoms with Crippen LogP contribution in [-0.2, 0) is 0 Å². The first-order valence-corrected chi connectivity index (χ1v) is 11.9. The Labute approximate surface area is 209 Å². The summed E-state index contributed by atoms with van der Waals surface area (Å²) in [6.07, 6.45) is 0. The van der Waals surface area contributed by atoms with Crippen molar-refractivity contribution in [2.24, 2.45) is 11.5 Å². The third kappa shape index (κ3) is 2.82. The van der Waals surface area contributed by atoms with Crippen LogP contribution in [-0.4, -0.2) is 26.2 Å². The number of nitrogens with zero attached hydrogens (tertiary/aromatic N) is 2. The SMILES string of the molecule is NC(=O)n1c2ccccc2c2[nH]c3c4ccccc4n(C(N)=O)c4ccccc4c3c2c2ccccc21. The van der Waals surface area contributed by atoms with Gasteiger partial charge in [0, 0.05) is 32.3 Å². The lowest BCUT2D eigenvalue weighted by molar-refractivity contribution is 0.251. The second-order valence-corrected chi connectivity index (χ2v) is 9.04. The highest BCUT2D eigenvalue weighted by Gasteiger charge is 2.20. The van der Waals surface area contributed by atoms with Crippen LogP contribution in [0.15, 0.2) is 97.1 Å². The van der Waals surface area contributed by atoms with Gasteiger partial charge in [-0.15, -0.1) is 0 Å². The van der Waals surface area contributed by atoms with Gasteiger partial charge in [0.25, 0.3) is 0 Å². The molecule has 0 saturated carbocycles. The Morgan fingerprint density at radius 2 is 0.784 bits per heavy atom. The number of nitrogens with one attached hydrogen (secondary N) is 1. The molecular weight excluding hydrogens is 462 g/mol. The zero-order chi connectivity index (χ0) is 25.3. The lowest BCUT2D eigenvalue weighted by Gasteiger charge is -2.07. The number of aromatic amines is 1. The molecule has 0 aliphatic rings. The number of para-hydroxylation sites is 4. The Bertz CT molecular complexity index is 2010. The number of fused-ring (bicyclic) bond motifs is 11. The Morgan fingerprint density at radius 3 is 1.14 bits per heavy atom. The average Bonchev–Trinajstić information content (AvgIpc) is 3.18. The molecule has 5 N–H and O–H groups in total. The number of nitrogens with two attached hydrogens (primary N) is 2. The van der Waals surface area contributed by atoms with Gasteiger partial charge in [-0.2, -0.15) is 0 Å². The number of amides is 2. The van der Waals surface area contributed by atoms with E-state index in [0.29, 0.717) is 22.1 Å². The number of primary amides is 2. The van der Waals surface area contributed by atoms with E-state index >= 15 is 0 Å². The van der Waals surface area contributed by atoms with Gasteiger partial charge >= 0.3 is 12.1 Å². The van der Waals surface area contributed by atoms with Crippen molar-refractivity contribution in [1.82, 2.24) is 14.1 Å². The van der Waals surface area contributed by atoms with E-state index in [0.717, 1.165) is 43.4 Å². The average molecular weight is 484 g/mol. The summed E-state index contributed by atoms with van der Waals surface area (Å²) < 4.78 is 3.11. The summed E-state index contributed by atoms with van der Waals surface area (Å²) in [5.41, 5.74) is 16.4. The molecule has 0 bridgehead atoms. The van der Waals surface area contributed by atoms with Gasteiger partial charge in [0.2, 0.25) is 0 Å². The van der Waals surface area contributed by atoms with E-state index in [9.17, 15) is 9.59 Å². The number of hydrogen-bond acceptors (Lipinski definition) is 2. The summed E-state index contributed by atoms with van der Waals surface area (Å²) in [6, 6.07) is 29.8. The van der Waals surface area contributed by atoms with E-state index in [1.165, 1.54) is 0 Å². The fourth-order valence-electron chi connectivity index (χ4n) is 5.70. The van der Waals surface area contributed by atoms with Crippen LogP contribution >= 0.6 is 0 Å².